The topological polar surface area (TPSA) is 67.8 Å². The van der Waals surface area contributed by atoms with Crippen molar-refractivity contribution in [1.29, 1.82) is 0 Å². The Morgan fingerprint density at radius 2 is 1.79 bits per heavy atom. The first-order chi connectivity index (χ1) is 13.9. The lowest BCUT2D eigenvalue weighted by atomic mass is 10.0. The highest BCUT2D eigenvalue weighted by Crippen LogP contribution is 2.32. The summed E-state index contributed by atoms with van der Waals surface area (Å²) in [6, 6.07) is 14.9. The molecule has 4 aromatic rings. The summed E-state index contributed by atoms with van der Waals surface area (Å²) in [5, 5.41) is 3.35. The molecule has 0 bridgehead atoms. The second-order valence-electron chi connectivity index (χ2n) is 6.20. The molecule has 0 atom stereocenters. The van der Waals surface area contributed by atoms with Crippen molar-refractivity contribution in [2.45, 2.75) is 6.18 Å². The lowest BCUT2D eigenvalue weighted by molar-refractivity contribution is -0.137. The molecule has 2 heterocycles. The smallest absolute Gasteiger partial charge is 0.306 e. The number of aromatic nitrogens is 3. The molecule has 0 fully saturated rings. The Morgan fingerprint density at radius 1 is 0.966 bits per heavy atom. The number of benzene rings is 2. The van der Waals surface area contributed by atoms with E-state index in [2.05, 4.69) is 20.3 Å². The minimum absolute atomic E-state index is 0.287. The molecular formula is C21H13F3N4O. The third kappa shape index (κ3) is 3.91. The molecular weight excluding hydrogens is 381 g/mol. The molecule has 8 heteroatoms. The van der Waals surface area contributed by atoms with Crippen molar-refractivity contribution >= 4 is 22.6 Å². The van der Waals surface area contributed by atoms with Crippen LogP contribution >= 0.6 is 0 Å². The molecule has 1 N–H and O–H groups in total. The highest BCUT2D eigenvalue weighted by molar-refractivity contribution is 6.11. The average molecular weight is 394 g/mol. The molecule has 4 rings (SSSR count). The number of carbonyl (C=O) groups excluding carboxylic acids is 1. The first kappa shape index (κ1) is 18.5. The quantitative estimate of drug-likeness (QED) is 0.533. The van der Waals surface area contributed by atoms with Gasteiger partial charge in [0.15, 0.2) is 0 Å². The van der Waals surface area contributed by atoms with E-state index < -0.39 is 17.6 Å². The maximum atomic E-state index is 13.0. The molecule has 1 amide bonds. The van der Waals surface area contributed by atoms with E-state index in [4.69, 9.17) is 0 Å². The van der Waals surface area contributed by atoms with Gasteiger partial charge in [-0.2, -0.15) is 13.2 Å². The number of amides is 1. The van der Waals surface area contributed by atoms with Crippen molar-refractivity contribution in [3.63, 3.8) is 0 Å². The Bertz CT molecular complexity index is 1190. The largest absolute Gasteiger partial charge is 0.416 e. The Hall–Kier alpha value is -3.81. The van der Waals surface area contributed by atoms with E-state index in [9.17, 15) is 18.0 Å². The monoisotopic (exact) mass is 394 g/mol. The molecule has 0 spiro atoms. The van der Waals surface area contributed by atoms with Gasteiger partial charge in [-0.05, 0) is 30.3 Å². The van der Waals surface area contributed by atoms with Gasteiger partial charge >= 0.3 is 6.18 Å². The number of halogens is 3. The summed E-state index contributed by atoms with van der Waals surface area (Å²) in [4.78, 5) is 24.9. The number of nitrogens with one attached hydrogen (secondary N) is 1. The van der Waals surface area contributed by atoms with Gasteiger partial charge in [0.1, 0.15) is 12.1 Å². The van der Waals surface area contributed by atoms with Gasteiger partial charge in [-0.25, -0.2) is 15.0 Å². The Labute approximate surface area is 163 Å². The molecule has 0 saturated carbocycles. The SMILES string of the molecule is O=C(Nc1ccncn1)c1cccc2ccc(-c3cccc(C(F)(F)F)c3)nc12. The van der Waals surface area contributed by atoms with Crippen molar-refractivity contribution < 1.29 is 18.0 Å². The van der Waals surface area contributed by atoms with Crippen molar-refractivity contribution in [3.05, 3.63) is 84.3 Å². The number of anilines is 1. The summed E-state index contributed by atoms with van der Waals surface area (Å²) in [5.74, 6) is -0.0981. The highest BCUT2D eigenvalue weighted by Gasteiger charge is 2.30. The molecule has 29 heavy (non-hydrogen) atoms. The standard InChI is InChI=1S/C21H13F3N4O/c22-21(23,24)15-5-1-4-14(11-15)17-8-7-13-3-2-6-16(19(13)27-17)20(29)28-18-9-10-25-12-26-18/h1-12H,(H,25,26,28,29). The number of hydrogen-bond donors (Lipinski definition) is 1. The first-order valence-electron chi connectivity index (χ1n) is 8.56. The number of alkyl halides is 3. The van der Waals surface area contributed by atoms with Crippen molar-refractivity contribution in [2.75, 3.05) is 5.32 Å². The molecule has 0 aliphatic carbocycles. The maximum absolute atomic E-state index is 13.0. The molecule has 144 valence electrons. The van der Waals surface area contributed by atoms with Gasteiger partial charge in [0.2, 0.25) is 0 Å². The molecule has 2 aromatic carbocycles. The van der Waals surface area contributed by atoms with Crippen LogP contribution in [-0.2, 0) is 6.18 Å². The van der Waals surface area contributed by atoms with Gasteiger partial charge in [-0.15, -0.1) is 0 Å². The number of para-hydroxylation sites is 1. The Morgan fingerprint density at radius 3 is 2.55 bits per heavy atom. The fourth-order valence-electron chi connectivity index (χ4n) is 2.89. The zero-order chi connectivity index (χ0) is 20.4. The van der Waals surface area contributed by atoms with Crippen LogP contribution in [0.5, 0.6) is 0 Å². The predicted molar refractivity (Wildman–Crippen MR) is 102 cm³/mol. The number of pyridine rings is 1. The van der Waals surface area contributed by atoms with Crippen LogP contribution in [0.4, 0.5) is 19.0 Å². The van der Waals surface area contributed by atoms with Crippen molar-refractivity contribution in [3.8, 4) is 11.3 Å². The number of rotatable bonds is 3. The third-order valence-corrected chi connectivity index (χ3v) is 4.27. The summed E-state index contributed by atoms with van der Waals surface area (Å²) in [6.07, 6.45) is -1.64. The molecule has 0 aliphatic heterocycles. The van der Waals surface area contributed by atoms with Gasteiger partial charge in [-0.3, -0.25) is 4.79 Å². The number of nitrogens with zero attached hydrogens (tertiary/aromatic N) is 3. The normalized spacial score (nSPS) is 11.4. The van der Waals surface area contributed by atoms with Crippen LogP contribution in [0.25, 0.3) is 22.2 Å². The molecule has 0 radical (unpaired) electrons. The third-order valence-electron chi connectivity index (χ3n) is 4.27. The molecule has 0 unspecified atom stereocenters. The van der Waals surface area contributed by atoms with Gasteiger partial charge in [-0.1, -0.05) is 30.3 Å². The van der Waals surface area contributed by atoms with Crippen LogP contribution in [0.15, 0.2) is 73.2 Å². The summed E-state index contributed by atoms with van der Waals surface area (Å²) in [7, 11) is 0. The van der Waals surface area contributed by atoms with E-state index in [1.54, 1.807) is 42.5 Å². The summed E-state index contributed by atoms with van der Waals surface area (Å²) in [6.45, 7) is 0. The van der Waals surface area contributed by atoms with Crippen LogP contribution in [-0.4, -0.2) is 20.9 Å². The van der Waals surface area contributed by atoms with Gasteiger partial charge in [0, 0.05) is 17.1 Å². The van der Waals surface area contributed by atoms with Crippen LogP contribution in [0.3, 0.4) is 0 Å². The first-order valence-corrected chi connectivity index (χ1v) is 8.56. The molecule has 0 aliphatic rings. The molecule has 5 nitrogen and oxygen atoms in total. The number of hydrogen-bond acceptors (Lipinski definition) is 4. The minimum atomic E-state index is -4.45. The summed E-state index contributed by atoms with van der Waals surface area (Å²) < 4.78 is 39.1. The Balaban J connectivity index is 1.76. The second-order valence-corrected chi connectivity index (χ2v) is 6.20. The lowest BCUT2D eigenvalue weighted by Gasteiger charge is -2.10. The highest BCUT2D eigenvalue weighted by atomic mass is 19.4. The van der Waals surface area contributed by atoms with E-state index in [0.29, 0.717) is 28.0 Å². The van der Waals surface area contributed by atoms with E-state index >= 15 is 0 Å². The van der Waals surface area contributed by atoms with E-state index in [-0.39, 0.29) is 5.56 Å². The average Bonchev–Trinajstić information content (AvgIpc) is 2.73. The zero-order valence-corrected chi connectivity index (χ0v) is 14.8. The lowest BCUT2D eigenvalue weighted by Crippen LogP contribution is -2.13. The minimum Gasteiger partial charge on any atom is -0.306 e. The van der Waals surface area contributed by atoms with Crippen molar-refractivity contribution in [2.24, 2.45) is 0 Å². The fraction of sp³-hybridized carbons (Fsp3) is 0.0476. The summed E-state index contributed by atoms with van der Waals surface area (Å²) in [5.41, 5.74) is 0.564. The van der Waals surface area contributed by atoms with E-state index in [0.717, 1.165) is 12.1 Å². The van der Waals surface area contributed by atoms with Crippen LogP contribution in [0.1, 0.15) is 15.9 Å². The van der Waals surface area contributed by atoms with Crippen LogP contribution < -0.4 is 5.32 Å². The summed E-state index contributed by atoms with van der Waals surface area (Å²) >= 11 is 0. The van der Waals surface area contributed by atoms with E-state index in [1.165, 1.54) is 18.6 Å². The predicted octanol–water partition coefficient (Wildman–Crippen LogP) is 4.96. The van der Waals surface area contributed by atoms with Crippen molar-refractivity contribution in [1.82, 2.24) is 15.0 Å². The zero-order valence-electron chi connectivity index (χ0n) is 14.8. The fourth-order valence-corrected chi connectivity index (χ4v) is 2.89. The maximum Gasteiger partial charge on any atom is 0.416 e. The number of fused-ring (bicyclic) bond motifs is 1. The molecule has 0 saturated heterocycles. The van der Waals surface area contributed by atoms with Crippen LogP contribution in [0, 0.1) is 0 Å². The van der Waals surface area contributed by atoms with Gasteiger partial charge < -0.3 is 5.32 Å². The van der Waals surface area contributed by atoms with Gasteiger partial charge in [0.25, 0.3) is 5.91 Å². The Kier molecular flexibility index (Phi) is 4.67. The number of carbonyl (C=O) groups is 1. The molecule has 2 aromatic heterocycles. The van der Waals surface area contributed by atoms with Crippen LogP contribution in [0.2, 0.25) is 0 Å². The van der Waals surface area contributed by atoms with E-state index in [1.807, 2.05) is 0 Å². The van der Waals surface area contributed by atoms with Gasteiger partial charge in [0.05, 0.1) is 22.3 Å². The second kappa shape index (κ2) is 7.31.